The number of carbonyl (C=O) groups excluding carboxylic acids is 2. The fourth-order valence-corrected chi connectivity index (χ4v) is 5.53. The van der Waals surface area contributed by atoms with Crippen LogP contribution in [0.1, 0.15) is 0 Å². The first-order valence-corrected chi connectivity index (χ1v) is 13.0. The standard InChI is InChI=1S/C24H20ClF3N6O3S/c1-38-18-19(25)32-20-13-5-6-16(17(11-13)34(21(18)33-20)7-9-37-10-8-34)31-23(36)30-15-4-2-3-14(12-15)29-22(35)24(26,27)28/h2-6,11-12H,7-10H2,1H3,(H2-,29,30,31,32,33,35,36)/p+1. The Balaban J connectivity index is 1.45. The Labute approximate surface area is 224 Å². The molecule has 1 aromatic heterocycles. The molecule has 1 saturated heterocycles. The van der Waals surface area contributed by atoms with Gasteiger partial charge in [0.15, 0.2) is 16.7 Å². The number of quaternary nitrogens is 1. The van der Waals surface area contributed by atoms with Crippen molar-refractivity contribution in [3.8, 4) is 11.4 Å². The minimum Gasteiger partial charge on any atom is -0.370 e. The van der Waals surface area contributed by atoms with E-state index in [1.807, 2.05) is 12.3 Å². The molecule has 198 valence electrons. The molecule has 14 heteroatoms. The Morgan fingerprint density at radius 3 is 2.42 bits per heavy atom. The van der Waals surface area contributed by atoms with Gasteiger partial charge in [-0.3, -0.25) is 4.79 Å². The minimum atomic E-state index is -5.03. The summed E-state index contributed by atoms with van der Waals surface area (Å²) >= 11 is 7.99. The number of rotatable bonds is 4. The highest BCUT2D eigenvalue weighted by atomic mass is 35.5. The first kappa shape index (κ1) is 26.2. The van der Waals surface area contributed by atoms with Crippen LogP contribution in [-0.2, 0) is 9.53 Å². The molecule has 0 radical (unpaired) electrons. The van der Waals surface area contributed by atoms with E-state index in [1.165, 1.54) is 36.0 Å². The van der Waals surface area contributed by atoms with E-state index in [2.05, 4.69) is 15.6 Å². The summed E-state index contributed by atoms with van der Waals surface area (Å²) in [5.74, 6) is -0.891. The van der Waals surface area contributed by atoms with E-state index in [4.69, 9.17) is 21.3 Å². The summed E-state index contributed by atoms with van der Waals surface area (Å²) in [4.78, 5) is 34.3. The number of benzene rings is 2. The van der Waals surface area contributed by atoms with Crippen LogP contribution >= 0.6 is 23.4 Å². The lowest BCUT2D eigenvalue weighted by Crippen LogP contribution is -2.53. The third kappa shape index (κ3) is 4.89. The number of alkyl halides is 3. The maximum Gasteiger partial charge on any atom is 0.471 e. The number of aromatic nitrogens is 2. The second-order valence-corrected chi connectivity index (χ2v) is 9.74. The number of anilines is 3. The zero-order valence-corrected chi connectivity index (χ0v) is 21.4. The molecule has 2 aromatic carbocycles. The Kier molecular flexibility index (Phi) is 6.94. The van der Waals surface area contributed by atoms with Gasteiger partial charge in [0.05, 0.1) is 13.2 Å². The number of fused-ring (bicyclic) bond motifs is 7. The number of halogens is 4. The van der Waals surface area contributed by atoms with Crippen molar-refractivity contribution in [2.75, 3.05) is 48.5 Å². The zero-order chi connectivity index (χ0) is 27.1. The smallest absolute Gasteiger partial charge is 0.370 e. The molecule has 0 atom stereocenters. The molecule has 38 heavy (non-hydrogen) atoms. The maximum absolute atomic E-state index is 13.0. The third-order valence-corrected chi connectivity index (χ3v) is 7.42. The summed E-state index contributed by atoms with van der Waals surface area (Å²) < 4.78 is 43.7. The average Bonchev–Trinajstić information content (AvgIpc) is 2.95. The number of hydrogen-bond donors (Lipinski definition) is 3. The number of carbonyl (C=O) groups is 2. The number of thioether (sulfide) groups is 1. The second kappa shape index (κ2) is 10.1. The molecule has 3 heterocycles. The summed E-state index contributed by atoms with van der Waals surface area (Å²) in [5.41, 5.74) is 2.12. The van der Waals surface area contributed by atoms with Gasteiger partial charge < -0.3 is 20.7 Å². The molecular formula is C24H21ClF3N6O3S+. The molecule has 3 N–H and O–H groups in total. The lowest BCUT2D eigenvalue weighted by Gasteiger charge is -2.40. The van der Waals surface area contributed by atoms with Gasteiger partial charge in [-0.2, -0.15) is 18.2 Å². The molecule has 1 fully saturated rings. The molecular weight excluding hydrogens is 545 g/mol. The first-order chi connectivity index (χ1) is 18.1. The van der Waals surface area contributed by atoms with E-state index in [0.29, 0.717) is 47.5 Å². The van der Waals surface area contributed by atoms with Gasteiger partial charge in [0.1, 0.15) is 23.7 Å². The van der Waals surface area contributed by atoms with Crippen LogP contribution in [0.15, 0.2) is 47.4 Å². The lowest BCUT2D eigenvalue weighted by atomic mass is 10.1. The Morgan fingerprint density at radius 2 is 1.74 bits per heavy atom. The number of amides is 3. The molecule has 4 bridgehead atoms. The molecule has 2 aliphatic heterocycles. The van der Waals surface area contributed by atoms with E-state index in [0.717, 1.165) is 22.0 Å². The fraction of sp³-hybridized carbons (Fsp3) is 0.250. The predicted octanol–water partition coefficient (Wildman–Crippen LogP) is 5.65. The van der Waals surface area contributed by atoms with Crippen molar-refractivity contribution in [1.29, 1.82) is 0 Å². The summed E-state index contributed by atoms with van der Waals surface area (Å²) in [6.07, 6.45) is -3.13. The van der Waals surface area contributed by atoms with Crippen LogP contribution in [0.4, 0.5) is 46.5 Å². The van der Waals surface area contributed by atoms with Gasteiger partial charge in [-0.1, -0.05) is 17.7 Å². The van der Waals surface area contributed by atoms with Crippen LogP contribution in [0.2, 0.25) is 5.15 Å². The number of hydrogen-bond acceptors (Lipinski definition) is 6. The number of nitrogens with zero attached hydrogens (tertiary/aromatic N) is 3. The van der Waals surface area contributed by atoms with Crippen LogP contribution in [-0.4, -0.2) is 60.6 Å². The van der Waals surface area contributed by atoms with Crippen LogP contribution in [0.3, 0.4) is 0 Å². The molecule has 1 spiro atoms. The molecule has 5 rings (SSSR count). The van der Waals surface area contributed by atoms with Crippen LogP contribution in [0.25, 0.3) is 11.4 Å². The van der Waals surface area contributed by atoms with Crippen molar-refractivity contribution >= 4 is 63.9 Å². The molecule has 3 aromatic rings. The van der Waals surface area contributed by atoms with Crippen LogP contribution < -0.4 is 20.4 Å². The Morgan fingerprint density at radius 1 is 1.03 bits per heavy atom. The first-order valence-electron chi connectivity index (χ1n) is 11.4. The normalized spacial score (nSPS) is 15.5. The number of morpholine rings is 1. The van der Waals surface area contributed by atoms with Crippen molar-refractivity contribution in [3.63, 3.8) is 0 Å². The summed E-state index contributed by atoms with van der Waals surface area (Å²) in [6.45, 7) is 2.05. The minimum absolute atomic E-state index is 0.113. The number of nitrogens with one attached hydrogen (secondary N) is 3. The molecule has 2 aliphatic rings. The van der Waals surface area contributed by atoms with Crippen molar-refractivity contribution in [2.24, 2.45) is 0 Å². The average molecular weight is 566 g/mol. The van der Waals surface area contributed by atoms with E-state index < -0.39 is 18.1 Å². The van der Waals surface area contributed by atoms with Gasteiger partial charge >= 0.3 is 18.1 Å². The monoisotopic (exact) mass is 565 g/mol. The fourth-order valence-electron chi connectivity index (χ4n) is 4.52. The number of ether oxygens (including phenoxy) is 1. The largest absolute Gasteiger partial charge is 0.471 e. The third-order valence-electron chi connectivity index (χ3n) is 6.25. The van der Waals surface area contributed by atoms with Crippen molar-refractivity contribution < 1.29 is 27.5 Å². The highest BCUT2D eigenvalue weighted by Gasteiger charge is 2.44. The van der Waals surface area contributed by atoms with Crippen LogP contribution in [0.5, 0.6) is 0 Å². The highest BCUT2D eigenvalue weighted by molar-refractivity contribution is 7.98. The summed E-state index contributed by atoms with van der Waals surface area (Å²) in [5, 5.41) is 7.58. The topological polar surface area (TPSA) is 105 Å². The summed E-state index contributed by atoms with van der Waals surface area (Å²) in [7, 11) is 0. The van der Waals surface area contributed by atoms with Gasteiger partial charge in [0.2, 0.25) is 0 Å². The SMILES string of the molecule is CSc1c(Cl)nc2nc1[N+]1(CCOCC1)c1cc-2ccc1NC(=O)Nc1cccc(NC(=O)C(F)(F)F)c1. The molecule has 3 amide bonds. The number of urea groups is 1. The second-order valence-electron chi connectivity index (χ2n) is 8.57. The van der Waals surface area contributed by atoms with E-state index in [9.17, 15) is 22.8 Å². The lowest BCUT2D eigenvalue weighted by molar-refractivity contribution is -0.167. The van der Waals surface area contributed by atoms with Gasteiger partial charge in [0, 0.05) is 23.0 Å². The molecule has 0 saturated carbocycles. The van der Waals surface area contributed by atoms with Crippen molar-refractivity contribution in [2.45, 2.75) is 11.1 Å². The van der Waals surface area contributed by atoms with Gasteiger partial charge in [-0.05, 0) is 36.6 Å². The molecule has 0 aliphatic carbocycles. The predicted molar refractivity (Wildman–Crippen MR) is 140 cm³/mol. The maximum atomic E-state index is 13.0. The highest BCUT2D eigenvalue weighted by Crippen LogP contribution is 2.49. The van der Waals surface area contributed by atoms with E-state index in [1.54, 1.807) is 17.4 Å². The van der Waals surface area contributed by atoms with Crippen molar-refractivity contribution in [3.05, 3.63) is 47.6 Å². The quantitative estimate of drug-likeness (QED) is 0.215. The summed E-state index contributed by atoms with van der Waals surface area (Å²) in [6, 6.07) is 10.3. The Bertz CT molecular complexity index is 1430. The van der Waals surface area contributed by atoms with Gasteiger partial charge in [0.25, 0.3) is 5.82 Å². The molecule has 9 nitrogen and oxygen atoms in total. The van der Waals surface area contributed by atoms with Gasteiger partial charge in [-0.25, -0.2) is 14.3 Å². The van der Waals surface area contributed by atoms with Crippen LogP contribution in [0, 0.1) is 0 Å². The van der Waals surface area contributed by atoms with Gasteiger partial charge in [-0.15, -0.1) is 11.8 Å². The van der Waals surface area contributed by atoms with Crippen molar-refractivity contribution in [1.82, 2.24) is 14.5 Å². The van der Waals surface area contributed by atoms with E-state index >= 15 is 0 Å². The molecule has 0 unspecified atom stereocenters. The van der Waals surface area contributed by atoms with E-state index in [-0.39, 0.29) is 11.4 Å². The Hall–Kier alpha value is -3.39. The zero-order valence-electron chi connectivity index (χ0n) is 19.9.